The average Bonchev–Trinajstić information content (AvgIpc) is 3.21. The second-order valence-corrected chi connectivity index (χ2v) is 4.38. The van der Waals surface area contributed by atoms with E-state index in [0.29, 0.717) is 5.56 Å². The Kier molecular flexibility index (Phi) is 7.84. The van der Waals surface area contributed by atoms with Crippen LogP contribution in [0.5, 0.6) is 0 Å². The summed E-state index contributed by atoms with van der Waals surface area (Å²) in [6.45, 7) is 0. The molecule has 3 heteroatoms. The molecule has 0 N–H and O–H groups in total. The zero-order valence-electron chi connectivity index (χ0n) is 11.8. The predicted octanol–water partition coefficient (Wildman–Crippen LogP) is 4.84. The van der Waals surface area contributed by atoms with Gasteiger partial charge in [0, 0.05) is 17.1 Å². The monoisotopic (exact) mass is 334 g/mol. The van der Waals surface area contributed by atoms with Crippen molar-refractivity contribution in [3.8, 4) is 0 Å². The number of carbonyl (C=O) groups excluding carboxylic acids is 1. The normalized spacial score (nSPS) is 9.68. The summed E-state index contributed by atoms with van der Waals surface area (Å²) in [6.07, 6.45) is 3.16. The molecular weight excluding hydrogens is 319 g/mol. The molecule has 0 fully saturated rings. The van der Waals surface area contributed by atoms with Crippen LogP contribution in [-0.4, -0.2) is 5.78 Å². The van der Waals surface area contributed by atoms with Crippen LogP contribution in [0.1, 0.15) is 15.9 Å². The molecule has 3 rings (SSSR count). The summed E-state index contributed by atoms with van der Waals surface area (Å²) in [6, 6.07) is 23.2. The van der Waals surface area contributed by atoms with Gasteiger partial charge in [-0.15, -0.1) is 12.1 Å². The van der Waals surface area contributed by atoms with Crippen molar-refractivity contribution in [1.29, 1.82) is 0 Å². The van der Waals surface area contributed by atoms with Crippen molar-refractivity contribution >= 4 is 11.9 Å². The first kappa shape index (κ1) is 17.8. The minimum absolute atomic E-state index is 0. The van der Waals surface area contributed by atoms with Crippen LogP contribution in [-0.2, 0) is 17.1 Å². The van der Waals surface area contributed by atoms with E-state index < -0.39 is 0 Å². The fourth-order valence-electron chi connectivity index (χ4n) is 1.70. The van der Waals surface area contributed by atoms with E-state index in [2.05, 4.69) is 0 Å². The Morgan fingerprint density at radius 1 is 0.955 bits per heavy atom. The maximum atomic E-state index is 12.6. The van der Waals surface area contributed by atoms with E-state index >= 15 is 0 Å². The summed E-state index contributed by atoms with van der Waals surface area (Å²) in [4.78, 5) is 11.6. The fraction of sp³-hybridized carbons (Fsp3) is 0. The van der Waals surface area contributed by atoms with E-state index in [4.69, 9.17) is 0 Å². The molecule has 0 unspecified atom stereocenters. The van der Waals surface area contributed by atoms with Crippen LogP contribution >= 0.6 is 0 Å². The van der Waals surface area contributed by atoms with Crippen LogP contribution in [0.15, 0.2) is 84.9 Å². The van der Waals surface area contributed by atoms with E-state index in [1.165, 1.54) is 18.2 Å². The second-order valence-electron chi connectivity index (χ2n) is 4.38. The zero-order chi connectivity index (χ0) is 14.9. The third-order valence-electron chi connectivity index (χ3n) is 2.80. The number of hydrogen-bond donors (Lipinski definition) is 0. The first-order valence-electron chi connectivity index (χ1n) is 6.62. The molecule has 3 aromatic rings. The summed E-state index contributed by atoms with van der Waals surface area (Å²) < 4.78 is 12.6. The minimum Gasteiger partial charge on any atom is -0.748 e. The zero-order valence-corrected chi connectivity index (χ0v) is 12.9. The van der Waals surface area contributed by atoms with Crippen molar-refractivity contribution in [3.05, 3.63) is 102 Å². The molecule has 0 heterocycles. The minimum atomic E-state index is -0.278. The Morgan fingerprint density at radius 3 is 1.95 bits per heavy atom. The van der Waals surface area contributed by atoms with E-state index in [0.717, 1.165) is 5.56 Å². The van der Waals surface area contributed by atoms with Gasteiger partial charge in [0.25, 0.3) is 0 Å². The van der Waals surface area contributed by atoms with E-state index in [1.54, 1.807) is 30.3 Å². The number of carbonyl (C=O) groups is 1. The van der Waals surface area contributed by atoms with Gasteiger partial charge in [-0.1, -0.05) is 29.8 Å². The molecule has 0 spiro atoms. The first-order valence-corrected chi connectivity index (χ1v) is 6.62. The molecule has 3 aromatic carbocycles. The predicted molar refractivity (Wildman–Crippen MR) is 83.8 cm³/mol. The van der Waals surface area contributed by atoms with Crippen molar-refractivity contribution in [1.82, 2.24) is 0 Å². The summed E-state index contributed by atoms with van der Waals surface area (Å²) in [5.74, 6) is -0.325. The van der Waals surface area contributed by atoms with Gasteiger partial charge >= 0.3 is 0 Å². The molecule has 0 aliphatic carbocycles. The summed E-state index contributed by atoms with van der Waals surface area (Å²) >= 11 is 0. The number of allylic oxidation sites excluding steroid dienone is 1. The molecular formula is C19H15FFeO-6. The Bertz CT molecular complexity index is 648. The van der Waals surface area contributed by atoms with Gasteiger partial charge in [-0.05, 0) is 17.7 Å². The van der Waals surface area contributed by atoms with Crippen molar-refractivity contribution in [3.63, 3.8) is 0 Å². The number of hydrogen-bond acceptors (Lipinski definition) is 1. The topological polar surface area (TPSA) is 17.1 Å². The van der Waals surface area contributed by atoms with Crippen LogP contribution in [0.2, 0.25) is 0 Å². The molecule has 0 aromatic heterocycles. The van der Waals surface area contributed by atoms with Gasteiger partial charge in [0.2, 0.25) is 0 Å². The van der Waals surface area contributed by atoms with Gasteiger partial charge in [-0.3, -0.25) is 0 Å². The molecule has 0 saturated heterocycles. The van der Waals surface area contributed by atoms with Crippen molar-refractivity contribution in [2.24, 2.45) is 0 Å². The maximum absolute atomic E-state index is 12.6. The Labute approximate surface area is 140 Å². The van der Waals surface area contributed by atoms with Gasteiger partial charge in [-0.25, -0.2) is 4.39 Å². The summed E-state index contributed by atoms with van der Waals surface area (Å²) in [5, 5.41) is 0. The molecule has 22 heavy (non-hydrogen) atoms. The largest absolute Gasteiger partial charge is 0.748 e. The molecule has 0 saturated carbocycles. The van der Waals surface area contributed by atoms with Gasteiger partial charge in [0.1, 0.15) is 11.6 Å². The molecule has 0 aliphatic rings. The summed E-state index contributed by atoms with van der Waals surface area (Å²) in [5.41, 5.74) is 1.47. The molecule has 0 radical (unpaired) electrons. The standard InChI is InChI=1S/C14H10FO.C5H5.Fe/c15-13-8-5-11(6-9-13)7-10-14(16)12-3-1-2-4-12;1-2-4-5-3-1;/h1-10H;1-5H;/q-1;-5;. The van der Waals surface area contributed by atoms with Crippen LogP contribution < -0.4 is 0 Å². The number of rotatable bonds is 3. The number of ketones is 1. The average molecular weight is 334 g/mol. The summed E-state index contributed by atoms with van der Waals surface area (Å²) in [7, 11) is 0. The van der Waals surface area contributed by atoms with Gasteiger partial charge < -0.3 is 35.1 Å². The van der Waals surface area contributed by atoms with E-state index in [9.17, 15) is 9.18 Å². The molecule has 0 amide bonds. The third-order valence-corrected chi connectivity index (χ3v) is 2.80. The fourth-order valence-corrected chi connectivity index (χ4v) is 1.70. The Hall–Kier alpha value is -2.22. The van der Waals surface area contributed by atoms with E-state index in [-0.39, 0.29) is 28.7 Å². The molecule has 0 bridgehead atoms. The van der Waals surface area contributed by atoms with Crippen molar-refractivity contribution in [2.75, 3.05) is 0 Å². The molecule has 1 nitrogen and oxygen atoms in total. The molecule has 0 aliphatic heterocycles. The number of benzene rings is 1. The van der Waals surface area contributed by atoms with Crippen LogP contribution in [0, 0.1) is 5.82 Å². The smallest absolute Gasteiger partial charge is 0.123 e. The van der Waals surface area contributed by atoms with Gasteiger partial charge in [-0.2, -0.15) is 12.1 Å². The Morgan fingerprint density at radius 2 is 1.45 bits per heavy atom. The van der Waals surface area contributed by atoms with Gasteiger partial charge in [0.05, 0.1) is 0 Å². The quantitative estimate of drug-likeness (QED) is 0.290. The third kappa shape index (κ3) is 6.04. The first-order chi connectivity index (χ1) is 10.3. The maximum Gasteiger partial charge on any atom is 0.123 e. The van der Waals surface area contributed by atoms with E-state index in [1.807, 2.05) is 42.5 Å². The Balaban J connectivity index is 0.000000344. The molecule has 0 atom stereocenters. The SMILES string of the molecule is O=C(C=Cc1ccc(F)cc1)[c-]1cccc1.[Fe].[cH-]1[cH-][cH-][cH-][cH-]1. The van der Waals surface area contributed by atoms with Crippen molar-refractivity contribution in [2.45, 2.75) is 0 Å². The van der Waals surface area contributed by atoms with Crippen LogP contribution in [0.4, 0.5) is 4.39 Å². The van der Waals surface area contributed by atoms with Crippen molar-refractivity contribution < 1.29 is 26.3 Å². The van der Waals surface area contributed by atoms with Crippen LogP contribution in [0.3, 0.4) is 0 Å². The van der Waals surface area contributed by atoms with Gasteiger partial charge in [0.15, 0.2) is 0 Å². The van der Waals surface area contributed by atoms with Crippen LogP contribution in [0.25, 0.3) is 6.08 Å². The number of halogens is 1. The molecule has 118 valence electrons. The second kappa shape index (κ2) is 9.67.